The number of nitrogens with zero attached hydrogens (tertiary/aromatic N) is 3. The summed E-state index contributed by atoms with van der Waals surface area (Å²) < 4.78 is 6.17. The fourth-order valence-corrected chi connectivity index (χ4v) is 3.99. The number of carbonyl (C=O) groups is 1. The second-order valence-corrected chi connectivity index (χ2v) is 7.74. The molecule has 1 atom stereocenters. The number of fused-ring (bicyclic) bond motifs is 1. The van der Waals surface area contributed by atoms with Crippen molar-refractivity contribution in [2.75, 3.05) is 40.3 Å². The lowest BCUT2D eigenvalue weighted by Gasteiger charge is -2.52. The van der Waals surface area contributed by atoms with E-state index in [1.54, 1.807) is 6.20 Å². The molecular formula is C20H25N3O2. The maximum Gasteiger partial charge on any atom is 0.255 e. The van der Waals surface area contributed by atoms with E-state index < -0.39 is 0 Å². The Labute approximate surface area is 148 Å². The van der Waals surface area contributed by atoms with E-state index in [2.05, 4.69) is 24.0 Å². The fourth-order valence-electron chi connectivity index (χ4n) is 3.99. The molecule has 1 aromatic carbocycles. The third kappa shape index (κ3) is 3.26. The summed E-state index contributed by atoms with van der Waals surface area (Å²) in [6.45, 7) is 3.28. The minimum atomic E-state index is -0.108. The molecule has 0 N–H and O–H groups in total. The van der Waals surface area contributed by atoms with Gasteiger partial charge in [0.2, 0.25) is 0 Å². The Morgan fingerprint density at radius 3 is 2.88 bits per heavy atom. The maximum absolute atomic E-state index is 12.7. The van der Waals surface area contributed by atoms with Gasteiger partial charge < -0.3 is 14.5 Å². The number of aromatic nitrogens is 1. The van der Waals surface area contributed by atoms with Crippen LogP contribution < -0.4 is 0 Å². The standard InChI is InChI=1S/C20H25N3O2/c1-22(2)11-15-7-8-20(25-12-15)13-23(14-20)19(24)17-9-16-5-3-4-6-18(16)21-10-17/h3-6,9-10,15H,7-8,11-14H2,1-2H3/t15-/m1/s1. The summed E-state index contributed by atoms with van der Waals surface area (Å²) in [5.74, 6) is 0.665. The van der Waals surface area contributed by atoms with Gasteiger partial charge >= 0.3 is 0 Å². The van der Waals surface area contributed by atoms with Gasteiger partial charge in [0.15, 0.2) is 0 Å². The van der Waals surface area contributed by atoms with Crippen molar-refractivity contribution < 1.29 is 9.53 Å². The fraction of sp³-hybridized carbons (Fsp3) is 0.500. The molecule has 2 aromatic rings. The minimum Gasteiger partial charge on any atom is -0.371 e. The predicted molar refractivity (Wildman–Crippen MR) is 97.6 cm³/mol. The first-order chi connectivity index (χ1) is 12.0. The molecule has 0 unspecified atom stereocenters. The lowest BCUT2D eigenvalue weighted by atomic mass is 9.82. The topological polar surface area (TPSA) is 45.7 Å². The van der Waals surface area contributed by atoms with Gasteiger partial charge in [0, 0.05) is 18.1 Å². The Morgan fingerprint density at radius 2 is 2.16 bits per heavy atom. The zero-order valence-corrected chi connectivity index (χ0v) is 14.9. The van der Waals surface area contributed by atoms with Crippen molar-refractivity contribution >= 4 is 16.8 Å². The van der Waals surface area contributed by atoms with E-state index in [1.807, 2.05) is 35.2 Å². The molecule has 25 heavy (non-hydrogen) atoms. The Balaban J connectivity index is 1.37. The van der Waals surface area contributed by atoms with E-state index in [-0.39, 0.29) is 11.5 Å². The SMILES string of the molecule is CN(C)C[C@H]1CCC2(CN(C(=O)c3cnc4ccccc4c3)C2)OC1. The van der Waals surface area contributed by atoms with Crippen molar-refractivity contribution in [2.45, 2.75) is 18.4 Å². The highest BCUT2D eigenvalue weighted by Crippen LogP contribution is 2.36. The highest BCUT2D eigenvalue weighted by atomic mass is 16.5. The van der Waals surface area contributed by atoms with Gasteiger partial charge in [-0.15, -0.1) is 0 Å². The van der Waals surface area contributed by atoms with Gasteiger partial charge in [-0.05, 0) is 45.0 Å². The molecule has 1 spiro atoms. The Kier molecular flexibility index (Phi) is 4.21. The molecule has 1 aromatic heterocycles. The average molecular weight is 339 g/mol. The maximum atomic E-state index is 12.7. The van der Waals surface area contributed by atoms with E-state index >= 15 is 0 Å². The highest BCUT2D eigenvalue weighted by molar-refractivity contribution is 5.97. The van der Waals surface area contributed by atoms with Gasteiger partial charge in [-0.3, -0.25) is 9.78 Å². The quantitative estimate of drug-likeness (QED) is 0.861. The van der Waals surface area contributed by atoms with E-state index in [0.717, 1.165) is 30.5 Å². The first kappa shape index (κ1) is 16.5. The Bertz CT molecular complexity index is 773. The van der Waals surface area contributed by atoms with Gasteiger partial charge in [0.05, 0.1) is 30.8 Å². The highest BCUT2D eigenvalue weighted by Gasteiger charge is 2.48. The predicted octanol–water partition coefficient (Wildman–Crippen LogP) is 2.42. The number of hydrogen-bond donors (Lipinski definition) is 0. The number of benzene rings is 1. The van der Waals surface area contributed by atoms with Crippen molar-refractivity contribution in [2.24, 2.45) is 5.92 Å². The molecule has 0 radical (unpaired) electrons. The summed E-state index contributed by atoms with van der Waals surface area (Å²) in [6, 6.07) is 9.81. The number of amides is 1. The van der Waals surface area contributed by atoms with Crippen molar-refractivity contribution in [3.05, 3.63) is 42.1 Å². The molecule has 2 aliphatic heterocycles. The van der Waals surface area contributed by atoms with Crippen molar-refractivity contribution in [1.82, 2.24) is 14.8 Å². The van der Waals surface area contributed by atoms with Gasteiger partial charge in [0.25, 0.3) is 5.91 Å². The summed E-state index contributed by atoms with van der Waals surface area (Å²) in [5, 5.41) is 1.00. The molecule has 5 nitrogen and oxygen atoms in total. The molecule has 5 heteroatoms. The number of pyridine rings is 1. The smallest absolute Gasteiger partial charge is 0.255 e. The molecule has 132 valence electrons. The van der Waals surface area contributed by atoms with Crippen molar-refractivity contribution in [3.8, 4) is 0 Å². The van der Waals surface area contributed by atoms with Gasteiger partial charge in [-0.1, -0.05) is 18.2 Å². The minimum absolute atomic E-state index is 0.0582. The summed E-state index contributed by atoms with van der Waals surface area (Å²) >= 11 is 0. The monoisotopic (exact) mass is 339 g/mol. The van der Waals surface area contributed by atoms with Crippen molar-refractivity contribution in [1.29, 1.82) is 0 Å². The van der Waals surface area contributed by atoms with Crippen LogP contribution in [-0.4, -0.2) is 66.6 Å². The van der Waals surface area contributed by atoms with E-state index in [0.29, 0.717) is 24.6 Å². The van der Waals surface area contributed by atoms with Crippen LogP contribution in [0.3, 0.4) is 0 Å². The summed E-state index contributed by atoms with van der Waals surface area (Å²) in [5.41, 5.74) is 1.47. The number of para-hydroxylation sites is 1. The lowest BCUT2D eigenvalue weighted by molar-refractivity contribution is -0.168. The van der Waals surface area contributed by atoms with E-state index in [4.69, 9.17) is 4.74 Å². The third-order valence-electron chi connectivity index (χ3n) is 5.34. The largest absolute Gasteiger partial charge is 0.371 e. The normalized spacial score (nSPS) is 22.4. The number of rotatable bonds is 3. The van der Waals surface area contributed by atoms with Crippen molar-refractivity contribution in [3.63, 3.8) is 0 Å². The summed E-state index contributed by atoms with van der Waals surface area (Å²) in [6.07, 6.45) is 3.91. The molecule has 4 rings (SSSR count). The zero-order chi connectivity index (χ0) is 17.4. The van der Waals surface area contributed by atoms with Crippen LogP contribution in [0.25, 0.3) is 10.9 Å². The number of carbonyl (C=O) groups excluding carboxylic acids is 1. The van der Waals surface area contributed by atoms with Crippen LogP contribution >= 0.6 is 0 Å². The van der Waals surface area contributed by atoms with E-state index in [1.165, 1.54) is 6.42 Å². The first-order valence-corrected chi connectivity index (χ1v) is 8.97. The van der Waals surface area contributed by atoms with E-state index in [9.17, 15) is 4.79 Å². The van der Waals surface area contributed by atoms with Crippen LogP contribution in [0.15, 0.2) is 36.5 Å². The molecule has 1 amide bonds. The molecule has 3 heterocycles. The Morgan fingerprint density at radius 1 is 1.36 bits per heavy atom. The zero-order valence-electron chi connectivity index (χ0n) is 14.9. The molecular weight excluding hydrogens is 314 g/mol. The van der Waals surface area contributed by atoms with Crippen LogP contribution in [-0.2, 0) is 4.74 Å². The number of hydrogen-bond acceptors (Lipinski definition) is 4. The summed E-state index contributed by atoms with van der Waals surface area (Å²) in [4.78, 5) is 21.2. The van der Waals surface area contributed by atoms with Crippen LogP contribution in [0, 0.1) is 5.92 Å². The molecule has 2 saturated heterocycles. The molecule has 0 bridgehead atoms. The molecule has 0 saturated carbocycles. The van der Waals surface area contributed by atoms with Gasteiger partial charge in [0.1, 0.15) is 5.60 Å². The lowest BCUT2D eigenvalue weighted by Crippen LogP contribution is -2.66. The molecule has 2 fully saturated rings. The second-order valence-electron chi connectivity index (χ2n) is 7.74. The summed E-state index contributed by atoms with van der Waals surface area (Å²) in [7, 11) is 4.21. The van der Waals surface area contributed by atoms with Gasteiger partial charge in [-0.25, -0.2) is 0 Å². The van der Waals surface area contributed by atoms with Gasteiger partial charge in [-0.2, -0.15) is 0 Å². The van der Waals surface area contributed by atoms with Crippen LogP contribution in [0.5, 0.6) is 0 Å². The third-order valence-corrected chi connectivity index (χ3v) is 5.34. The van der Waals surface area contributed by atoms with Crippen LogP contribution in [0.2, 0.25) is 0 Å². The second kappa shape index (κ2) is 6.39. The van der Waals surface area contributed by atoms with Crippen LogP contribution in [0.4, 0.5) is 0 Å². The average Bonchev–Trinajstić information content (AvgIpc) is 2.59. The Hall–Kier alpha value is -1.98. The number of ether oxygens (including phenoxy) is 1. The first-order valence-electron chi connectivity index (χ1n) is 8.97. The van der Waals surface area contributed by atoms with Crippen LogP contribution in [0.1, 0.15) is 23.2 Å². The molecule has 0 aliphatic carbocycles. The number of likely N-dealkylation sites (tertiary alicyclic amines) is 1. The molecule has 2 aliphatic rings.